The van der Waals surface area contributed by atoms with Crippen LogP contribution >= 0.6 is 11.6 Å². The second-order valence-corrected chi connectivity index (χ2v) is 5.60. The van der Waals surface area contributed by atoms with Crippen molar-refractivity contribution in [3.63, 3.8) is 0 Å². The number of nitrogens with one attached hydrogen (secondary N) is 1. The fourth-order valence-electron chi connectivity index (χ4n) is 2.72. The number of amides is 1. The van der Waals surface area contributed by atoms with E-state index in [4.69, 9.17) is 16.3 Å². The summed E-state index contributed by atoms with van der Waals surface area (Å²) in [6.45, 7) is 2.53. The number of carbonyl (C=O) groups is 1. The first-order chi connectivity index (χ1) is 9.65. The summed E-state index contributed by atoms with van der Waals surface area (Å²) in [6.07, 6.45) is 2.21. The van der Waals surface area contributed by atoms with Crippen molar-refractivity contribution < 1.29 is 9.53 Å². The summed E-state index contributed by atoms with van der Waals surface area (Å²) in [4.78, 5) is 14.6. The molecule has 0 spiro atoms. The summed E-state index contributed by atoms with van der Waals surface area (Å²) in [5.41, 5.74) is 0.546. The lowest BCUT2D eigenvalue weighted by molar-refractivity contribution is 0.0671. The molecule has 1 unspecified atom stereocenters. The van der Waals surface area contributed by atoms with Crippen LogP contribution in [0.15, 0.2) is 18.2 Å². The minimum Gasteiger partial charge on any atom is -0.496 e. The van der Waals surface area contributed by atoms with E-state index in [1.807, 2.05) is 11.9 Å². The highest BCUT2D eigenvalue weighted by molar-refractivity contribution is 6.31. The molecule has 0 aliphatic carbocycles. The molecule has 1 aliphatic heterocycles. The number of rotatable bonds is 4. The number of ether oxygens (including phenoxy) is 1. The molecule has 2 rings (SSSR count). The van der Waals surface area contributed by atoms with Gasteiger partial charge in [0.05, 0.1) is 12.7 Å². The van der Waals surface area contributed by atoms with Gasteiger partial charge < -0.3 is 15.0 Å². The molecule has 0 saturated carbocycles. The van der Waals surface area contributed by atoms with Crippen LogP contribution in [0.5, 0.6) is 5.75 Å². The fourth-order valence-corrected chi connectivity index (χ4v) is 2.89. The molecule has 1 aliphatic rings. The highest BCUT2D eigenvalue weighted by Gasteiger charge is 2.26. The third-order valence-corrected chi connectivity index (χ3v) is 3.93. The summed E-state index contributed by atoms with van der Waals surface area (Å²) in [5.74, 6) is 1.10. The van der Waals surface area contributed by atoms with Gasteiger partial charge in [0.1, 0.15) is 5.75 Å². The Morgan fingerprint density at radius 3 is 3.05 bits per heavy atom. The molecule has 0 radical (unpaired) electrons. The molecule has 1 amide bonds. The van der Waals surface area contributed by atoms with E-state index in [2.05, 4.69) is 5.32 Å². The lowest BCUT2D eigenvalue weighted by Gasteiger charge is -2.33. The third-order valence-electron chi connectivity index (χ3n) is 3.69. The Morgan fingerprint density at radius 1 is 1.55 bits per heavy atom. The molecule has 1 aromatic rings. The van der Waals surface area contributed by atoms with Gasteiger partial charge in [-0.2, -0.15) is 0 Å². The molecule has 5 heteroatoms. The number of methoxy groups -OCH3 is 1. The Hall–Kier alpha value is -1.26. The number of hydrogen-bond acceptors (Lipinski definition) is 3. The smallest absolute Gasteiger partial charge is 0.257 e. The van der Waals surface area contributed by atoms with Crippen molar-refractivity contribution in [2.75, 3.05) is 33.8 Å². The predicted octanol–water partition coefficient (Wildman–Crippen LogP) is 2.42. The Kier molecular flexibility index (Phi) is 5.26. The summed E-state index contributed by atoms with van der Waals surface area (Å²) in [7, 11) is 3.51. The first-order valence-corrected chi connectivity index (χ1v) is 7.31. The van der Waals surface area contributed by atoms with Gasteiger partial charge in [-0.15, -0.1) is 0 Å². The van der Waals surface area contributed by atoms with Crippen LogP contribution in [0.1, 0.15) is 23.2 Å². The molecular weight excluding hydrogens is 276 g/mol. The molecule has 1 aromatic carbocycles. The van der Waals surface area contributed by atoms with E-state index in [1.165, 1.54) is 0 Å². The van der Waals surface area contributed by atoms with Crippen molar-refractivity contribution in [1.82, 2.24) is 10.2 Å². The summed E-state index contributed by atoms with van der Waals surface area (Å²) < 4.78 is 5.27. The molecule has 1 heterocycles. The highest BCUT2D eigenvalue weighted by atomic mass is 35.5. The summed E-state index contributed by atoms with van der Waals surface area (Å²) in [6, 6.07) is 5.16. The van der Waals surface area contributed by atoms with E-state index in [0.717, 1.165) is 32.5 Å². The zero-order valence-corrected chi connectivity index (χ0v) is 12.7. The number of hydrogen-bond donors (Lipinski definition) is 1. The maximum Gasteiger partial charge on any atom is 0.257 e. The number of carbonyl (C=O) groups excluding carboxylic acids is 1. The SMILES string of the molecule is CNCC1CCCN(C(=O)c2cc(Cl)ccc2OC)C1. The Morgan fingerprint density at radius 2 is 2.35 bits per heavy atom. The molecular formula is C15H21ClN2O2. The molecule has 20 heavy (non-hydrogen) atoms. The van der Waals surface area contributed by atoms with Crippen LogP contribution in [0.4, 0.5) is 0 Å². The average molecular weight is 297 g/mol. The molecule has 1 N–H and O–H groups in total. The zero-order valence-electron chi connectivity index (χ0n) is 12.0. The summed E-state index contributed by atoms with van der Waals surface area (Å²) in [5, 5.41) is 3.74. The lowest BCUT2D eigenvalue weighted by Crippen LogP contribution is -2.42. The van der Waals surface area contributed by atoms with Gasteiger partial charge in [0, 0.05) is 18.1 Å². The van der Waals surface area contributed by atoms with E-state index < -0.39 is 0 Å². The quantitative estimate of drug-likeness (QED) is 0.928. The van der Waals surface area contributed by atoms with Gasteiger partial charge in [-0.3, -0.25) is 4.79 Å². The molecule has 1 fully saturated rings. The van der Waals surface area contributed by atoms with Gasteiger partial charge in [-0.25, -0.2) is 0 Å². The van der Waals surface area contributed by atoms with E-state index >= 15 is 0 Å². The first kappa shape index (κ1) is 15.1. The third kappa shape index (κ3) is 3.44. The second-order valence-electron chi connectivity index (χ2n) is 5.16. The Bertz CT molecular complexity index is 477. The van der Waals surface area contributed by atoms with Crippen LogP contribution in [-0.2, 0) is 0 Å². The first-order valence-electron chi connectivity index (χ1n) is 6.93. The topological polar surface area (TPSA) is 41.6 Å². The van der Waals surface area contributed by atoms with Gasteiger partial charge in [-0.1, -0.05) is 11.6 Å². The van der Waals surface area contributed by atoms with Crippen molar-refractivity contribution in [3.8, 4) is 5.75 Å². The van der Waals surface area contributed by atoms with E-state index in [-0.39, 0.29) is 5.91 Å². The van der Waals surface area contributed by atoms with Crippen molar-refractivity contribution in [2.45, 2.75) is 12.8 Å². The van der Waals surface area contributed by atoms with Gasteiger partial charge in [-0.05, 0) is 50.6 Å². The highest BCUT2D eigenvalue weighted by Crippen LogP contribution is 2.26. The minimum absolute atomic E-state index is 0.00477. The van der Waals surface area contributed by atoms with Crippen LogP contribution in [-0.4, -0.2) is 44.6 Å². The Balaban J connectivity index is 2.16. The lowest BCUT2D eigenvalue weighted by atomic mass is 9.97. The van der Waals surface area contributed by atoms with Gasteiger partial charge in [0.2, 0.25) is 0 Å². The Labute approximate surface area is 125 Å². The minimum atomic E-state index is 0.00477. The second kappa shape index (κ2) is 6.95. The molecule has 1 atom stereocenters. The van der Waals surface area contributed by atoms with Crippen LogP contribution in [0.2, 0.25) is 5.02 Å². The molecule has 110 valence electrons. The standard InChI is InChI=1S/C15H21ClN2O2/c1-17-9-11-4-3-7-18(10-11)15(19)13-8-12(16)5-6-14(13)20-2/h5-6,8,11,17H,3-4,7,9-10H2,1-2H3. The van der Waals surface area contributed by atoms with Crippen molar-refractivity contribution >= 4 is 17.5 Å². The zero-order chi connectivity index (χ0) is 14.5. The molecule has 0 aromatic heterocycles. The maximum absolute atomic E-state index is 12.6. The van der Waals surface area contributed by atoms with Gasteiger partial charge in [0.25, 0.3) is 5.91 Å². The molecule has 4 nitrogen and oxygen atoms in total. The normalized spacial score (nSPS) is 18.9. The number of piperidine rings is 1. The van der Waals surface area contributed by atoms with Gasteiger partial charge in [0.15, 0.2) is 0 Å². The number of nitrogens with zero attached hydrogens (tertiary/aromatic N) is 1. The van der Waals surface area contributed by atoms with Crippen LogP contribution in [0.25, 0.3) is 0 Å². The number of benzene rings is 1. The van der Waals surface area contributed by atoms with Crippen LogP contribution < -0.4 is 10.1 Å². The van der Waals surface area contributed by atoms with E-state index in [0.29, 0.717) is 22.3 Å². The van der Waals surface area contributed by atoms with E-state index in [9.17, 15) is 4.79 Å². The monoisotopic (exact) mass is 296 g/mol. The molecule has 1 saturated heterocycles. The molecule has 0 bridgehead atoms. The number of halogens is 1. The maximum atomic E-state index is 12.6. The largest absolute Gasteiger partial charge is 0.496 e. The van der Waals surface area contributed by atoms with Crippen LogP contribution in [0, 0.1) is 5.92 Å². The fraction of sp³-hybridized carbons (Fsp3) is 0.533. The average Bonchev–Trinajstić information content (AvgIpc) is 2.47. The van der Waals surface area contributed by atoms with Crippen molar-refractivity contribution in [3.05, 3.63) is 28.8 Å². The van der Waals surface area contributed by atoms with E-state index in [1.54, 1.807) is 25.3 Å². The predicted molar refractivity (Wildman–Crippen MR) is 80.6 cm³/mol. The number of likely N-dealkylation sites (tertiary alicyclic amines) is 1. The van der Waals surface area contributed by atoms with Crippen molar-refractivity contribution in [1.29, 1.82) is 0 Å². The van der Waals surface area contributed by atoms with Gasteiger partial charge >= 0.3 is 0 Å². The van der Waals surface area contributed by atoms with Crippen molar-refractivity contribution in [2.24, 2.45) is 5.92 Å². The van der Waals surface area contributed by atoms with Crippen LogP contribution in [0.3, 0.4) is 0 Å². The summed E-state index contributed by atoms with van der Waals surface area (Å²) >= 11 is 6.00.